The molecule has 14 heteroatoms. The molecule has 0 amide bonds. The van der Waals surface area contributed by atoms with E-state index < -0.39 is 20.0 Å². The summed E-state index contributed by atoms with van der Waals surface area (Å²) in [6.07, 6.45) is 5.63. The molecule has 0 aromatic carbocycles. The van der Waals surface area contributed by atoms with E-state index in [1.54, 1.807) is 18.2 Å². The van der Waals surface area contributed by atoms with Crippen molar-refractivity contribution in [3.05, 3.63) is 47.8 Å². The molecule has 30 heavy (non-hydrogen) atoms. The summed E-state index contributed by atoms with van der Waals surface area (Å²) in [6.45, 7) is -0.233. The smallest absolute Gasteiger partial charge is 1.00 e. The molecule has 2 aromatic rings. The average Bonchev–Trinajstić information content (AvgIpc) is 2.65. The van der Waals surface area contributed by atoms with Crippen molar-refractivity contribution in [1.82, 2.24) is 9.97 Å². The van der Waals surface area contributed by atoms with Gasteiger partial charge in [0.25, 0.3) is 0 Å². The van der Waals surface area contributed by atoms with Crippen molar-refractivity contribution in [3.63, 3.8) is 0 Å². The molecule has 2 heterocycles. The standard InChI is InChI=1S/C8H12N2O3S.C8H10N2O3S.B.Na.H/c2*1-10(14(2,12)13)8-7(6-11)4-3-5-9-8;;;/h3-5,11H,6H2,1-2H3;3-6H,1-2H3;;;/q;;;+1;-1. The summed E-state index contributed by atoms with van der Waals surface area (Å²) in [5.41, 5.74) is 0.737. The molecule has 0 atom stereocenters. The Kier molecular flexibility index (Phi) is 13.3. The van der Waals surface area contributed by atoms with Crippen LogP contribution in [0.15, 0.2) is 36.7 Å². The summed E-state index contributed by atoms with van der Waals surface area (Å²) in [7, 11) is -3.95. The number of nitrogens with zero attached hydrogens (tertiary/aromatic N) is 4. The number of aromatic nitrogens is 2. The number of aldehydes is 1. The van der Waals surface area contributed by atoms with Gasteiger partial charge in [-0.1, -0.05) is 6.07 Å². The maximum Gasteiger partial charge on any atom is 1.00 e. The predicted molar refractivity (Wildman–Crippen MR) is 113 cm³/mol. The van der Waals surface area contributed by atoms with Crippen LogP contribution in [0.1, 0.15) is 17.3 Å². The van der Waals surface area contributed by atoms with Crippen molar-refractivity contribution in [1.29, 1.82) is 0 Å². The molecule has 0 fully saturated rings. The zero-order valence-electron chi connectivity index (χ0n) is 18.4. The maximum absolute atomic E-state index is 11.2. The van der Waals surface area contributed by atoms with Crippen LogP contribution in [0.4, 0.5) is 11.6 Å². The van der Waals surface area contributed by atoms with Crippen molar-refractivity contribution in [2.24, 2.45) is 0 Å². The van der Waals surface area contributed by atoms with Crippen LogP contribution >= 0.6 is 0 Å². The molecule has 0 aliphatic rings. The van der Waals surface area contributed by atoms with Gasteiger partial charge in [-0.15, -0.1) is 0 Å². The molecular weight excluding hydrogens is 442 g/mol. The van der Waals surface area contributed by atoms with Crippen molar-refractivity contribution < 1.29 is 57.7 Å². The van der Waals surface area contributed by atoms with Gasteiger partial charge in [0.2, 0.25) is 20.0 Å². The number of carbonyl (C=O) groups excluding carboxylic acids is 1. The summed E-state index contributed by atoms with van der Waals surface area (Å²) in [5.74, 6) is 0.405. The van der Waals surface area contributed by atoms with Crippen LogP contribution in [0.5, 0.6) is 0 Å². The van der Waals surface area contributed by atoms with Crippen LogP contribution in [0.25, 0.3) is 0 Å². The largest absolute Gasteiger partial charge is 1.00 e. The van der Waals surface area contributed by atoms with E-state index in [2.05, 4.69) is 9.97 Å². The Balaban J connectivity index is -0.000000461. The summed E-state index contributed by atoms with van der Waals surface area (Å²) >= 11 is 0. The second-order valence-corrected chi connectivity index (χ2v) is 9.67. The number of hydrogen-bond acceptors (Lipinski definition) is 8. The number of aliphatic hydroxyl groups is 1. The van der Waals surface area contributed by atoms with E-state index in [-0.39, 0.29) is 63.2 Å². The minimum atomic E-state index is -3.38. The summed E-state index contributed by atoms with van der Waals surface area (Å²) in [4.78, 5) is 18.3. The third kappa shape index (κ3) is 8.70. The zero-order chi connectivity index (χ0) is 21.5. The van der Waals surface area contributed by atoms with E-state index in [0.717, 1.165) is 21.1 Å². The molecule has 1 N–H and O–H groups in total. The fraction of sp³-hybridized carbons (Fsp3) is 0.312. The van der Waals surface area contributed by atoms with Gasteiger partial charge in [0.15, 0.2) is 12.1 Å². The summed E-state index contributed by atoms with van der Waals surface area (Å²) in [6, 6.07) is 6.36. The Hall–Kier alpha value is -1.51. The predicted octanol–water partition coefficient (Wildman–Crippen LogP) is -3.00. The van der Waals surface area contributed by atoms with E-state index in [9.17, 15) is 21.6 Å². The van der Waals surface area contributed by atoms with Crippen molar-refractivity contribution in [3.8, 4) is 0 Å². The van der Waals surface area contributed by atoms with Crippen LogP contribution in [-0.2, 0) is 26.7 Å². The van der Waals surface area contributed by atoms with E-state index in [4.69, 9.17) is 5.11 Å². The van der Waals surface area contributed by atoms with Crippen LogP contribution in [0.2, 0.25) is 0 Å². The summed E-state index contributed by atoms with van der Waals surface area (Å²) in [5, 5.41) is 8.97. The van der Waals surface area contributed by atoms with Gasteiger partial charge in [0.1, 0.15) is 5.82 Å². The first-order valence-electron chi connectivity index (χ1n) is 7.76. The molecule has 159 valence electrons. The van der Waals surface area contributed by atoms with E-state index >= 15 is 0 Å². The molecule has 0 saturated heterocycles. The normalized spacial score (nSPS) is 10.4. The number of rotatable bonds is 6. The van der Waals surface area contributed by atoms with Gasteiger partial charge in [-0.25, -0.2) is 26.8 Å². The summed E-state index contributed by atoms with van der Waals surface area (Å²) < 4.78 is 46.8. The molecule has 0 spiro atoms. The monoisotopic (exact) mass is 465 g/mol. The number of sulfonamides is 2. The van der Waals surface area contributed by atoms with E-state index in [1.807, 2.05) is 0 Å². The van der Waals surface area contributed by atoms with Crippen LogP contribution in [0.3, 0.4) is 0 Å². The molecule has 0 bridgehead atoms. The molecular formula is C16H23BN4NaO6S2. The molecule has 10 nitrogen and oxygen atoms in total. The zero-order valence-corrected chi connectivity index (χ0v) is 21.1. The van der Waals surface area contributed by atoms with Gasteiger partial charge in [-0.2, -0.15) is 0 Å². The Morgan fingerprint density at radius 1 is 0.967 bits per heavy atom. The Bertz CT molecular complexity index is 1040. The number of pyridine rings is 2. The first-order chi connectivity index (χ1) is 12.9. The van der Waals surface area contributed by atoms with Gasteiger partial charge in [-0.05, 0) is 18.2 Å². The molecule has 2 aromatic heterocycles. The van der Waals surface area contributed by atoms with Crippen LogP contribution in [-0.4, -0.2) is 73.2 Å². The van der Waals surface area contributed by atoms with Gasteiger partial charge in [-0.3, -0.25) is 13.4 Å². The van der Waals surface area contributed by atoms with Gasteiger partial charge in [0, 0.05) is 40.5 Å². The first kappa shape index (κ1) is 30.7. The number of anilines is 2. The Labute approximate surface area is 202 Å². The SMILES string of the molecule is CN(c1ncccc1C=O)S(C)(=O)=O.CN(c1ncccc1CO)S(C)(=O)=O.[B].[H-].[Na+]. The second-order valence-electron chi connectivity index (χ2n) is 5.64. The van der Waals surface area contributed by atoms with Crippen LogP contribution < -0.4 is 38.2 Å². The average molecular weight is 465 g/mol. The van der Waals surface area contributed by atoms with Gasteiger partial charge >= 0.3 is 29.6 Å². The molecule has 2 rings (SSSR count). The third-order valence-corrected chi connectivity index (χ3v) is 5.91. The molecule has 0 saturated carbocycles. The first-order valence-corrected chi connectivity index (χ1v) is 11.5. The fourth-order valence-corrected chi connectivity index (χ4v) is 2.86. The number of hydrogen-bond donors (Lipinski definition) is 1. The topological polar surface area (TPSA) is 138 Å². The minimum absolute atomic E-state index is 0. The molecule has 0 aliphatic carbocycles. The van der Waals surface area contributed by atoms with Gasteiger partial charge in [0.05, 0.1) is 24.7 Å². The van der Waals surface area contributed by atoms with E-state index in [0.29, 0.717) is 11.8 Å². The molecule has 3 radical (unpaired) electrons. The Morgan fingerprint density at radius 3 is 1.83 bits per heavy atom. The van der Waals surface area contributed by atoms with Crippen molar-refractivity contribution >= 4 is 46.4 Å². The second kappa shape index (κ2) is 13.0. The number of aliphatic hydroxyl groups excluding tert-OH is 1. The van der Waals surface area contributed by atoms with Crippen LogP contribution in [0, 0.1) is 0 Å². The van der Waals surface area contributed by atoms with Crippen molar-refractivity contribution in [2.45, 2.75) is 6.61 Å². The van der Waals surface area contributed by atoms with E-state index in [1.165, 1.54) is 32.6 Å². The number of carbonyl (C=O) groups is 1. The minimum Gasteiger partial charge on any atom is -1.00 e. The van der Waals surface area contributed by atoms with Crippen molar-refractivity contribution in [2.75, 3.05) is 35.2 Å². The third-order valence-electron chi connectivity index (χ3n) is 3.57. The molecule has 0 unspecified atom stereocenters. The maximum atomic E-state index is 11.2. The van der Waals surface area contributed by atoms with Gasteiger partial charge < -0.3 is 6.53 Å². The quantitative estimate of drug-likeness (QED) is 0.352. The fourth-order valence-electron chi connectivity index (χ4n) is 1.92. The molecule has 0 aliphatic heterocycles. The Morgan fingerprint density at radius 2 is 1.40 bits per heavy atom.